The summed E-state index contributed by atoms with van der Waals surface area (Å²) in [6, 6.07) is 23.0. The van der Waals surface area contributed by atoms with Crippen LogP contribution in [0.5, 0.6) is 5.75 Å². The van der Waals surface area contributed by atoms with Gasteiger partial charge in [-0.3, -0.25) is 14.9 Å². The number of benzene rings is 4. The van der Waals surface area contributed by atoms with E-state index < -0.39 is 22.5 Å². The van der Waals surface area contributed by atoms with Gasteiger partial charge in [0.1, 0.15) is 23.1 Å². The van der Waals surface area contributed by atoms with Crippen molar-refractivity contribution in [3.8, 4) is 11.8 Å². The Morgan fingerprint density at radius 1 is 1.05 bits per heavy atom. The van der Waals surface area contributed by atoms with Crippen LogP contribution in [0, 0.1) is 21.4 Å². The number of ether oxygens (including phenoxy) is 1. The molecule has 8 nitrogen and oxygen atoms in total. The Kier molecular flexibility index (Phi) is 7.63. The van der Waals surface area contributed by atoms with Gasteiger partial charge in [0.15, 0.2) is 0 Å². The Morgan fingerprint density at radius 2 is 1.81 bits per heavy atom. The molecule has 0 aliphatic rings. The number of rotatable bonds is 6. The maximum Gasteiger partial charge on any atom is 0.344 e. The van der Waals surface area contributed by atoms with Gasteiger partial charge in [-0.25, -0.2) is 4.79 Å². The van der Waals surface area contributed by atoms with Gasteiger partial charge in [0.2, 0.25) is 0 Å². The SMILES string of the molecule is N#C/C(=C/c1ccc(OC(=O)c2cccc3ccccc23)c(Br)c1)C(=O)Nc1ccc(Cl)cc1[N+](=O)[O-]. The van der Waals surface area contributed by atoms with Gasteiger partial charge in [0, 0.05) is 11.1 Å². The molecule has 0 aromatic heterocycles. The van der Waals surface area contributed by atoms with E-state index in [4.69, 9.17) is 16.3 Å². The first-order valence-electron chi connectivity index (χ1n) is 10.6. The molecule has 0 radical (unpaired) electrons. The minimum absolute atomic E-state index is 0.0996. The maximum atomic E-state index is 12.8. The second-order valence-corrected chi connectivity index (χ2v) is 8.94. The fourth-order valence-corrected chi connectivity index (χ4v) is 4.16. The minimum atomic E-state index is -0.837. The number of esters is 1. The standard InChI is InChI=1S/C27H15BrClN3O5/c28-22-13-16(12-18(15-30)26(33)31-23-10-9-19(29)14-24(23)32(35)36)8-11-25(22)37-27(34)21-7-3-5-17-4-1-2-6-20(17)21/h1-14H,(H,31,33)/b18-12-. The lowest BCUT2D eigenvalue weighted by Crippen LogP contribution is -2.14. The number of carbonyl (C=O) groups is 2. The van der Waals surface area contributed by atoms with E-state index in [1.165, 1.54) is 24.3 Å². The highest BCUT2D eigenvalue weighted by Gasteiger charge is 2.19. The molecule has 10 heteroatoms. The molecular weight excluding hydrogens is 562 g/mol. The van der Waals surface area contributed by atoms with Crippen LogP contribution in [0.4, 0.5) is 11.4 Å². The third-order valence-corrected chi connectivity index (χ3v) is 6.10. The minimum Gasteiger partial charge on any atom is -0.422 e. The van der Waals surface area contributed by atoms with Crippen molar-refractivity contribution in [3.05, 3.63) is 115 Å². The number of hydrogen-bond donors (Lipinski definition) is 1. The molecule has 0 unspecified atom stereocenters. The van der Waals surface area contributed by atoms with Crippen molar-refractivity contribution in [2.45, 2.75) is 0 Å². The van der Waals surface area contributed by atoms with E-state index in [9.17, 15) is 25.0 Å². The van der Waals surface area contributed by atoms with Crippen molar-refractivity contribution < 1.29 is 19.2 Å². The summed E-state index contributed by atoms with van der Waals surface area (Å²) in [6.45, 7) is 0. The predicted molar refractivity (Wildman–Crippen MR) is 143 cm³/mol. The number of carbonyl (C=O) groups excluding carboxylic acids is 2. The zero-order chi connectivity index (χ0) is 26.5. The fourth-order valence-electron chi connectivity index (χ4n) is 3.51. The van der Waals surface area contributed by atoms with Crippen LogP contribution < -0.4 is 10.1 Å². The number of halogens is 2. The molecule has 1 N–H and O–H groups in total. The summed E-state index contributed by atoms with van der Waals surface area (Å²) in [5.74, 6) is -1.13. The molecule has 4 rings (SSSR count). The van der Waals surface area contributed by atoms with Gasteiger partial charge < -0.3 is 10.1 Å². The number of hydrogen-bond acceptors (Lipinski definition) is 6. The summed E-state index contributed by atoms with van der Waals surface area (Å²) < 4.78 is 5.99. The Labute approximate surface area is 224 Å². The zero-order valence-electron chi connectivity index (χ0n) is 18.8. The fraction of sp³-hybridized carbons (Fsp3) is 0. The summed E-state index contributed by atoms with van der Waals surface area (Å²) in [4.78, 5) is 36.0. The third kappa shape index (κ3) is 5.83. The molecule has 182 valence electrons. The summed E-state index contributed by atoms with van der Waals surface area (Å²) in [7, 11) is 0. The van der Waals surface area contributed by atoms with Gasteiger partial charge in [-0.05, 0) is 68.7 Å². The molecular formula is C27H15BrClN3O5. The number of nitrogens with one attached hydrogen (secondary N) is 1. The molecule has 0 fully saturated rings. The average Bonchev–Trinajstić information content (AvgIpc) is 2.89. The van der Waals surface area contributed by atoms with Crippen LogP contribution in [0.1, 0.15) is 15.9 Å². The second-order valence-electron chi connectivity index (χ2n) is 7.65. The van der Waals surface area contributed by atoms with E-state index in [-0.39, 0.29) is 22.0 Å². The zero-order valence-corrected chi connectivity index (χ0v) is 21.1. The number of fused-ring (bicyclic) bond motifs is 1. The normalized spacial score (nSPS) is 11.0. The average molecular weight is 577 g/mol. The number of nitro groups is 1. The number of nitro benzene ring substituents is 1. The Morgan fingerprint density at radius 3 is 2.54 bits per heavy atom. The highest BCUT2D eigenvalue weighted by Crippen LogP contribution is 2.30. The van der Waals surface area contributed by atoms with Crippen LogP contribution in [0.2, 0.25) is 5.02 Å². The molecule has 0 bridgehead atoms. The van der Waals surface area contributed by atoms with Gasteiger partial charge in [0.25, 0.3) is 11.6 Å². The number of nitrogens with zero attached hydrogens (tertiary/aromatic N) is 2. The smallest absolute Gasteiger partial charge is 0.344 e. The van der Waals surface area contributed by atoms with Crippen LogP contribution in [0.25, 0.3) is 16.8 Å². The lowest BCUT2D eigenvalue weighted by atomic mass is 10.0. The first kappa shape index (κ1) is 25.6. The van der Waals surface area contributed by atoms with Gasteiger partial charge in [-0.15, -0.1) is 0 Å². The summed E-state index contributed by atoms with van der Waals surface area (Å²) in [5.41, 5.74) is 0.0650. The van der Waals surface area contributed by atoms with E-state index in [1.807, 2.05) is 30.3 Å². The lowest BCUT2D eigenvalue weighted by molar-refractivity contribution is -0.383. The largest absolute Gasteiger partial charge is 0.422 e. The second kappa shape index (κ2) is 11.0. The first-order valence-corrected chi connectivity index (χ1v) is 11.8. The Balaban J connectivity index is 1.54. The first-order chi connectivity index (χ1) is 17.8. The molecule has 0 atom stereocenters. The molecule has 37 heavy (non-hydrogen) atoms. The quantitative estimate of drug-likeness (QED) is 0.0663. The highest BCUT2D eigenvalue weighted by molar-refractivity contribution is 9.10. The van der Waals surface area contributed by atoms with Gasteiger partial charge in [-0.2, -0.15) is 5.26 Å². The predicted octanol–water partition coefficient (Wildman–Crippen LogP) is 6.93. The van der Waals surface area contributed by atoms with E-state index in [1.54, 1.807) is 30.3 Å². The van der Waals surface area contributed by atoms with Gasteiger partial charge in [0.05, 0.1) is 15.0 Å². The number of nitriles is 1. The molecule has 0 aliphatic carbocycles. The van der Waals surface area contributed by atoms with Crippen molar-refractivity contribution in [2.75, 3.05) is 5.32 Å². The van der Waals surface area contributed by atoms with Gasteiger partial charge in [-0.1, -0.05) is 54.1 Å². The molecule has 0 aliphatic heterocycles. The van der Waals surface area contributed by atoms with E-state index >= 15 is 0 Å². The lowest BCUT2D eigenvalue weighted by Gasteiger charge is -2.09. The van der Waals surface area contributed by atoms with E-state index in [0.29, 0.717) is 15.6 Å². The van der Waals surface area contributed by atoms with Crippen molar-refractivity contribution >= 4 is 67.6 Å². The molecule has 0 spiro atoms. The molecule has 4 aromatic carbocycles. The van der Waals surface area contributed by atoms with E-state index in [0.717, 1.165) is 16.8 Å². The summed E-state index contributed by atoms with van der Waals surface area (Å²) in [5, 5.41) is 24.9. The molecule has 4 aromatic rings. The van der Waals surface area contributed by atoms with Crippen molar-refractivity contribution in [1.82, 2.24) is 0 Å². The number of amides is 1. The topological polar surface area (TPSA) is 122 Å². The third-order valence-electron chi connectivity index (χ3n) is 5.25. The van der Waals surface area contributed by atoms with Crippen LogP contribution in [0.3, 0.4) is 0 Å². The van der Waals surface area contributed by atoms with E-state index in [2.05, 4.69) is 21.2 Å². The van der Waals surface area contributed by atoms with Crippen molar-refractivity contribution in [3.63, 3.8) is 0 Å². The molecule has 0 saturated carbocycles. The van der Waals surface area contributed by atoms with Crippen molar-refractivity contribution in [2.24, 2.45) is 0 Å². The van der Waals surface area contributed by atoms with Crippen LogP contribution >= 0.6 is 27.5 Å². The summed E-state index contributed by atoms with van der Waals surface area (Å²) in [6.07, 6.45) is 1.30. The Hall–Kier alpha value is -4.52. The van der Waals surface area contributed by atoms with Crippen LogP contribution in [0.15, 0.2) is 88.9 Å². The molecule has 0 heterocycles. The highest BCUT2D eigenvalue weighted by atomic mass is 79.9. The monoisotopic (exact) mass is 575 g/mol. The van der Waals surface area contributed by atoms with Crippen molar-refractivity contribution in [1.29, 1.82) is 5.26 Å². The van der Waals surface area contributed by atoms with Crippen LogP contribution in [-0.4, -0.2) is 16.8 Å². The van der Waals surface area contributed by atoms with Crippen LogP contribution in [-0.2, 0) is 4.79 Å². The molecule has 0 saturated heterocycles. The Bertz CT molecular complexity index is 1640. The maximum absolute atomic E-state index is 12.8. The summed E-state index contributed by atoms with van der Waals surface area (Å²) >= 11 is 9.15. The molecule has 1 amide bonds. The van der Waals surface area contributed by atoms with Gasteiger partial charge >= 0.3 is 5.97 Å². The number of anilines is 1.